The summed E-state index contributed by atoms with van der Waals surface area (Å²) in [7, 11) is 0. The smallest absolute Gasteiger partial charge is 0.303 e. The molecule has 2 atom stereocenters. The van der Waals surface area contributed by atoms with E-state index in [2.05, 4.69) is 18.9 Å². The fourth-order valence-electron chi connectivity index (χ4n) is 1.10. The number of carbonyl (C=O) groups is 4. The maximum Gasteiger partial charge on any atom is 0.303 e. The molecule has 0 radical (unpaired) electrons. The van der Waals surface area contributed by atoms with Crippen LogP contribution in [0.1, 0.15) is 41.5 Å². The SMILES string of the molecule is CC(=O)OCC(C)OC(C)=O.CC(=O)OCC(C)OC(C)=O. The van der Waals surface area contributed by atoms with Crippen LogP contribution in [0.4, 0.5) is 0 Å². The van der Waals surface area contributed by atoms with Gasteiger partial charge in [0, 0.05) is 27.7 Å². The Bertz CT molecular complexity index is 341. The highest BCUT2D eigenvalue weighted by molar-refractivity contribution is 5.67. The van der Waals surface area contributed by atoms with E-state index in [1.165, 1.54) is 27.7 Å². The van der Waals surface area contributed by atoms with Gasteiger partial charge in [0.05, 0.1) is 0 Å². The molecule has 0 aromatic rings. The van der Waals surface area contributed by atoms with Crippen LogP contribution in [0.2, 0.25) is 0 Å². The Morgan fingerprint density at radius 3 is 1.09 bits per heavy atom. The highest BCUT2D eigenvalue weighted by atomic mass is 16.6. The second-order valence-corrected chi connectivity index (χ2v) is 4.45. The van der Waals surface area contributed by atoms with Gasteiger partial charge in [-0.25, -0.2) is 0 Å². The predicted molar refractivity (Wildman–Crippen MR) is 75.7 cm³/mol. The Labute approximate surface area is 130 Å². The number of ether oxygens (including phenoxy) is 4. The van der Waals surface area contributed by atoms with Crippen molar-refractivity contribution >= 4 is 23.9 Å². The molecule has 0 amide bonds. The summed E-state index contributed by atoms with van der Waals surface area (Å²) in [5, 5.41) is 0. The average molecular weight is 320 g/mol. The molecular formula is C14H24O8. The highest BCUT2D eigenvalue weighted by Crippen LogP contribution is 1.93. The second-order valence-electron chi connectivity index (χ2n) is 4.45. The molecule has 0 bridgehead atoms. The summed E-state index contributed by atoms with van der Waals surface area (Å²) >= 11 is 0. The molecule has 0 rings (SSSR count). The lowest BCUT2D eigenvalue weighted by Crippen LogP contribution is -2.19. The summed E-state index contributed by atoms with van der Waals surface area (Å²) in [5.74, 6) is -1.48. The maximum absolute atomic E-state index is 10.3. The van der Waals surface area contributed by atoms with E-state index < -0.39 is 0 Å². The van der Waals surface area contributed by atoms with E-state index in [1.807, 2.05) is 0 Å². The van der Waals surface area contributed by atoms with Crippen LogP contribution in [0, 0.1) is 0 Å². The number of esters is 4. The molecule has 8 nitrogen and oxygen atoms in total. The predicted octanol–water partition coefficient (Wildman–Crippen LogP) is 1.00. The van der Waals surface area contributed by atoms with Crippen LogP contribution >= 0.6 is 0 Å². The Hall–Kier alpha value is -2.12. The zero-order chi connectivity index (χ0) is 17.7. The van der Waals surface area contributed by atoms with Crippen molar-refractivity contribution < 1.29 is 38.1 Å². The first kappa shape index (κ1) is 22.2. The first-order valence-corrected chi connectivity index (χ1v) is 6.65. The van der Waals surface area contributed by atoms with Crippen LogP contribution < -0.4 is 0 Å². The number of rotatable bonds is 6. The lowest BCUT2D eigenvalue weighted by Gasteiger charge is -2.10. The van der Waals surface area contributed by atoms with Crippen LogP contribution in [0.5, 0.6) is 0 Å². The summed E-state index contributed by atoms with van der Waals surface area (Å²) in [6.07, 6.45) is -0.729. The molecule has 22 heavy (non-hydrogen) atoms. The number of hydrogen-bond acceptors (Lipinski definition) is 8. The van der Waals surface area contributed by atoms with Crippen molar-refractivity contribution in [2.24, 2.45) is 0 Å². The van der Waals surface area contributed by atoms with Crippen molar-refractivity contribution in [2.45, 2.75) is 53.8 Å². The normalized spacial score (nSPS) is 11.9. The van der Waals surface area contributed by atoms with Crippen LogP contribution in [0.25, 0.3) is 0 Å². The molecule has 0 aromatic carbocycles. The molecule has 0 saturated heterocycles. The standard InChI is InChI=1S/2C7H12O4/c2*1-5(11-7(3)9)4-10-6(2)8/h2*5H,4H2,1-3H3. The van der Waals surface area contributed by atoms with Gasteiger partial charge in [0.1, 0.15) is 25.4 Å². The first-order valence-electron chi connectivity index (χ1n) is 6.65. The monoisotopic (exact) mass is 320 g/mol. The minimum absolute atomic E-state index is 0.120. The summed E-state index contributed by atoms with van der Waals surface area (Å²) in [6.45, 7) is 8.79. The lowest BCUT2D eigenvalue weighted by atomic mass is 10.4. The largest absolute Gasteiger partial charge is 0.462 e. The highest BCUT2D eigenvalue weighted by Gasteiger charge is 2.06. The molecular weight excluding hydrogens is 296 g/mol. The maximum atomic E-state index is 10.3. The molecule has 0 fully saturated rings. The van der Waals surface area contributed by atoms with Gasteiger partial charge in [-0.2, -0.15) is 0 Å². The van der Waals surface area contributed by atoms with Crippen molar-refractivity contribution in [1.82, 2.24) is 0 Å². The van der Waals surface area contributed by atoms with E-state index in [0.717, 1.165) is 0 Å². The number of hydrogen-bond donors (Lipinski definition) is 0. The van der Waals surface area contributed by atoms with Crippen LogP contribution in [-0.2, 0) is 38.1 Å². The molecule has 0 aliphatic heterocycles. The van der Waals surface area contributed by atoms with Crippen molar-refractivity contribution in [3.8, 4) is 0 Å². The third-order valence-electron chi connectivity index (χ3n) is 1.78. The first-order chi connectivity index (χ1) is 10.0. The molecule has 0 N–H and O–H groups in total. The molecule has 128 valence electrons. The Kier molecular flexibility index (Phi) is 12.7. The molecule has 0 spiro atoms. The fraction of sp³-hybridized carbons (Fsp3) is 0.714. The quantitative estimate of drug-likeness (QED) is 0.527. The Balaban J connectivity index is 0. The fourth-order valence-corrected chi connectivity index (χ4v) is 1.10. The van der Waals surface area contributed by atoms with Crippen LogP contribution in [0.15, 0.2) is 0 Å². The Morgan fingerprint density at radius 2 is 0.909 bits per heavy atom. The van der Waals surface area contributed by atoms with Gasteiger partial charge < -0.3 is 18.9 Å². The van der Waals surface area contributed by atoms with Gasteiger partial charge in [-0.15, -0.1) is 0 Å². The summed E-state index contributed by atoms with van der Waals surface area (Å²) in [5.41, 5.74) is 0. The average Bonchev–Trinajstić information content (AvgIpc) is 2.33. The lowest BCUT2D eigenvalue weighted by molar-refractivity contribution is -0.155. The summed E-state index contributed by atoms with van der Waals surface area (Å²) in [6, 6.07) is 0. The molecule has 2 unspecified atom stereocenters. The van der Waals surface area contributed by atoms with Crippen molar-refractivity contribution in [3.05, 3.63) is 0 Å². The third kappa shape index (κ3) is 20.2. The van der Waals surface area contributed by atoms with Crippen molar-refractivity contribution in [2.75, 3.05) is 13.2 Å². The van der Waals surface area contributed by atoms with E-state index in [1.54, 1.807) is 13.8 Å². The van der Waals surface area contributed by atoms with Gasteiger partial charge in [-0.1, -0.05) is 0 Å². The summed E-state index contributed by atoms with van der Waals surface area (Å²) < 4.78 is 18.5. The minimum atomic E-state index is -0.371. The zero-order valence-corrected chi connectivity index (χ0v) is 13.8. The van der Waals surface area contributed by atoms with Gasteiger partial charge in [-0.3, -0.25) is 19.2 Å². The van der Waals surface area contributed by atoms with E-state index in [9.17, 15) is 19.2 Å². The van der Waals surface area contributed by atoms with Crippen molar-refractivity contribution in [3.63, 3.8) is 0 Å². The van der Waals surface area contributed by atoms with Gasteiger partial charge in [0.25, 0.3) is 0 Å². The molecule has 0 aliphatic rings. The van der Waals surface area contributed by atoms with Crippen molar-refractivity contribution in [1.29, 1.82) is 0 Å². The van der Waals surface area contributed by atoms with Gasteiger partial charge in [0.2, 0.25) is 0 Å². The molecule has 0 heterocycles. The molecule has 0 aliphatic carbocycles. The van der Waals surface area contributed by atoms with Crippen LogP contribution in [0.3, 0.4) is 0 Å². The van der Waals surface area contributed by atoms with Gasteiger partial charge in [-0.05, 0) is 13.8 Å². The van der Waals surface area contributed by atoms with Gasteiger partial charge in [0.15, 0.2) is 0 Å². The minimum Gasteiger partial charge on any atom is -0.462 e. The Morgan fingerprint density at radius 1 is 0.636 bits per heavy atom. The van der Waals surface area contributed by atoms with Gasteiger partial charge >= 0.3 is 23.9 Å². The van der Waals surface area contributed by atoms with Crippen LogP contribution in [-0.4, -0.2) is 49.3 Å². The zero-order valence-electron chi connectivity index (χ0n) is 13.8. The number of carbonyl (C=O) groups excluding carboxylic acids is 4. The molecule has 8 heteroatoms. The van der Waals surface area contributed by atoms with E-state index in [0.29, 0.717) is 0 Å². The second kappa shape index (κ2) is 12.6. The van der Waals surface area contributed by atoms with E-state index in [4.69, 9.17) is 0 Å². The third-order valence-corrected chi connectivity index (χ3v) is 1.78. The van der Waals surface area contributed by atoms with E-state index in [-0.39, 0.29) is 49.3 Å². The summed E-state index contributed by atoms with van der Waals surface area (Å²) in [4.78, 5) is 41.2. The topological polar surface area (TPSA) is 105 Å². The molecule has 0 aromatic heterocycles. The van der Waals surface area contributed by atoms with E-state index >= 15 is 0 Å². The molecule has 0 saturated carbocycles.